The van der Waals surface area contributed by atoms with E-state index in [2.05, 4.69) is 46.1 Å². The Kier molecular flexibility index (Phi) is 12.5. The predicted octanol–water partition coefficient (Wildman–Crippen LogP) is 9.38. The SMILES string of the molecule is C1=CC[N-]C=C1.C1CC[N-]CC1.CN1N=Cc2ccccc2[N-]c2ccccc2C=NN(C)C2C=CC3C=CC4=CC=C1[N-]C4=C3[N-]2.[Co]. The van der Waals surface area contributed by atoms with Gasteiger partial charge in [0.1, 0.15) is 0 Å². The normalized spacial score (nSPS) is 21.5. The molecule has 0 N–H and O–H groups in total. The van der Waals surface area contributed by atoms with Crippen molar-refractivity contribution in [2.45, 2.75) is 25.4 Å². The molecule has 8 rings (SSSR count). The second-order valence-corrected chi connectivity index (χ2v) is 11.5. The summed E-state index contributed by atoms with van der Waals surface area (Å²) < 4.78 is 0. The van der Waals surface area contributed by atoms with E-state index in [4.69, 9.17) is 21.1 Å². The third-order valence-corrected chi connectivity index (χ3v) is 8.07. The summed E-state index contributed by atoms with van der Waals surface area (Å²) >= 11 is 0. The van der Waals surface area contributed by atoms with Crippen LogP contribution in [0.3, 0.4) is 0 Å². The first-order chi connectivity index (χ1) is 23.2. The number of likely N-dealkylation sites (N-methyl/N-ethyl adjacent to an activating group) is 1. The fourth-order valence-electron chi connectivity index (χ4n) is 5.41. The van der Waals surface area contributed by atoms with E-state index < -0.39 is 0 Å². The Labute approximate surface area is 294 Å². The molecule has 4 bridgehead atoms. The Hall–Kier alpha value is -4.77. The molecule has 1 saturated heterocycles. The van der Waals surface area contributed by atoms with Gasteiger partial charge in [-0.2, -0.15) is 11.3 Å². The molecule has 10 heteroatoms. The van der Waals surface area contributed by atoms with Crippen LogP contribution in [0.25, 0.3) is 26.6 Å². The van der Waals surface area contributed by atoms with Crippen LogP contribution in [0.1, 0.15) is 30.4 Å². The van der Waals surface area contributed by atoms with Crippen molar-refractivity contribution in [1.29, 1.82) is 0 Å². The standard InChI is InChI=1S/C28H24N7.C5H10N.C5H6N.Co/c1-34-25-15-13-19-11-12-20-14-16-26(33-28(20)27(19)32-25)35(2)30-18-22-8-4-6-10-24(22)31-23-9-5-3-7-21(23)17-29-34;2*1-2-4-6-5-3-1;/h3-19,25H,1-2H3;1-5H2;1-4H,5H2;/q-3;2*-1;. The molecule has 2 unspecified atom stereocenters. The quantitative estimate of drug-likeness (QED) is 0.259. The van der Waals surface area contributed by atoms with Gasteiger partial charge in [-0.1, -0.05) is 122 Å². The van der Waals surface area contributed by atoms with E-state index in [-0.39, 0.29) is 28.9 Å². The third kappa shape index (κ3) is 8.97. The first-order valence-corrected chi connectivity index (χ1v) is 16.2. The molecule has 1 aliphatic carbocycles. The zero-order valence-corrected chi connectivity index (χ0v) is 28.3. The summed E-state index contributed by atoms with van der Waals surface area (Å²) in [5, 5.41) is 36.0. The summed E-state index contributed by atoms with van der Waals surface area (Å²) in [6.45, 7) is 3.11. The van der Waals surface area contributed by atoms with Gasteiger partial charge in [0, 0.05) is 30.0 Å². The van der Waals surface area contributed by atoms with Gasteiger partial charge in [-0.25, -0.2) is 0 Å². The maximum absolute atomic E-state index is 5.04. The van der Waals surface area contributed by atoms with Crippen LogP contribution in [0.2, 0.25) is 0 Å². The van der Waals surface area contributed by atoms with E-state index in [1.165, 1.54) is 19.3 Å². The summed E-state index contributed by atoms with van der Waals surface area (Å²) in [6, 6.07) is 15.9. The number of para-hydroxylation sites is 2. The Morgan fingerprint density at radius 3 is 2.10 bits per heavy atom. The molecule has 1 fully saturated rings. The topological polar surface area (TPSA) is 102 Å². The van der Waals surface area contributed by atoms with Gasteiger partial charge >= 0.3 is 0 Å². The molecule has 5 heterocycles. The Morgan fingerprint density at radius 2 is 1.50 bits per heavy atom. The van der Waals surface area contributed by atoms with Crippen molar-refractivity contribution in [1.82, 2.24) is 10.0 Å². The van der Waals surface area contributed by atoms with Gasteiger partial charge in [0.2, 0.25) is 0 Å². The largest absolute Gasteiger partial charge is 0.687 e. The molecule has 2 atom stereocenters. The van der Waals surface area contributed by atoms with Gasteiger partial charge in [-0.05, 0) is 41.7 Å². The monoisotopic (exact) mass is 681 g/mol. The zero-order chi connectivity index (χ0) is 32.3. The third-order valence-electron chi connectivity index (χ3n) is 8.07. The van der Waals surface area contributed by atoms with Crippen LogP contribution < -0.4 is 0 Å². The minimum atomic E-state index is -0.224. The van der Waals surface area contributed by atoms with Crippen molar-refractivity contribution in [2.24, 2.45) is 16.1 Å². The van der Waals surface area contributed by atoms with Crippen molar-refractivity contribution in [2.75, 3.05) is 33.7 Å². The fraction of sp³-hybridized carbons (Fsp3) is 0.263. The van der Waals surface area contributed by atoms with E-state index in [1.54, 1.807) is 11.2 Å². The van der Waals surface area contributed by atoms with E-state index in [9.17, 15) is 0 Å². The summed E-state index contributed by atoms with van der Waals surface area (Å²) in [6.07, 6.45) is 27.8. The Bertz CT molecular complexity index is 1650. The summed E-state index contributed by atoms with van der Waals surface area (Å²) in [5.41, 5.74) is 6.39. The molecule has 2 aromatic rings. The van der Waals surface area contributed by atoms with Crippen molar-refractivity contribution >= 4 is 23.8 Å². The molecule has 9 nitrogen and oxygen atoms in total. The molecule has 48 heavy (non-hydrogen) atoms. The van der Waals surface area contributed by atoms with Crippen molar-refractivity contribution in [3.8, 4) is 0 Å². The Balaban J connectivity index is 0.000000291. The van der Waals surface area contributed by atoms with Gasteiger partial charge < -0.3 is 36.6 Å². The smallest absolute Gasteiger partial charge is 0.0530 e. The predicted molar refractivity (Wildman–Crippen MR) is 195 cm³/mol. The number of piperidine rings is 1. The number of allylic oxidation sites excluding steroid dienone is 6. The minimum Gasteiger partial charge on any atom is -0.687 e. The molecule has 1 radical (unpaired) electrons. The van der Waals surface area contributed by atoms with Crippen molar-refractivity contribution in [3.63, 3.8) is 0 Å². The van der Waals surface area contributed by atoms with Crippen LogP contribution in [0.5, 0.6) is 0 Å². The number of fused-ring (bicyclic) bond motifs is 4. The van der Waals surface area contributed by atoms with Crippen LogP contribution in [-0.4, -0.2) is 62.3 Å². The van der Waals surface area contributed by atoms with Gasteiger partial charge in [0.15, 0.2) is 0 Å². The van der Waals surface area contributed by atoms with Gasteiger partial charge in [0.25, 0.3) is 0 Å². The summed E-state index contributed by atoms with van der Waals surface area (Å²) in [7, 11) is 3.84. The molecule has 5 aliphatic heterocycles. The van der Waals surface area contributed by atoms with Gasteiger partial charge in [-0.15, -0.1) is 42.8 Å². The van der Waals surface area contributed by atoms with Crippen molar-refractivity contribution in [3.05, 3.63) is 170 Å². The number of hydrogen-bond acceptors (Lipinski definition) is 4. The van der Waals surface area contributed by atoms with E-state index in [0.29, 0.717) is 0 Å². The minimum absolute atomic E-state index is 0. The Morgan fingerprint density at radius 1 is 0.771 bits per heavy atom. The average Bonchev–Trinajstić information content (AvgIpc) is 3.15. The molecule has 0 spiro atoms. The summed E-state index contributed by atoms with van der Waals surface area (Å²) in [5.74, 6) is 0.847. The van der Waals surface area contributed by atoms with Gasteiger partial charge in [0.05, 0.1) is 6.21 Å². The first-order valence-electron chi connectivity index (χ1n) is 16.2. The van der Waals surface area contributed by atoms with Crippen molar-refractivity contribution < 1.29 is 16.8 Å². The van der Waals surface area contributed by atoms with E-state index >= 15 is 0 Å². The maximum Gasteiger partial charge on any atom is 0.0530 e. The zero-order valence-electron chi connectivity index (χ0n) is 27.3. The number of rotatable bonds is 0. The molecule has 6 aliphatic rings. The molecular weight excluding hydrogens is 641 g/mol. The maximum atomic E-state index is 5.04. The first kappa shape index (κ1) is 34.6. The number of hydrogen-bond donors (Lipinski definition) is 0. The number of hydrazone groups is 2. The van der Waals surface area contributed by atoms with Crippen LogP contribution in [0.4, 0.5) is 11.4 Å². The van der Waals surface area contributed by atoms with Gasteiger partial charge in [-0.3, -0.25) is 5.10 Å². The second kappa shape index (κ2) is 17.4. The summed E-state index contributed by atoms with van der Waals surface area (Å²) in [4.78, 5) is 0. The molecule has 251 valence electrons. The van der Waals surface area contributed by atoms with E-state index in [0.717, 1.165) is 64.9 Å². The average molecular weight is 682 g/mol. The molecule has 2 aromatic carbocycles. The molecular formula is C38H40CoN9-5. The molecule has 0 amide bonds. The van der Waals surface area contributed by atoms with Crippen LogP contribution in [-0.2, 0) is 16.8 Å². The fourth-order valence-corrected chi connectivity index (χ4v) is 5.41. The molecule has 0 saturated carbocycles. The molecule has 0 aromatic heterocycles. The second-order valence-electron chi connectivity index (χ2n) is 11.5. The van der Waals surface area contributed by atoms with E-state index in [1.807, 2.05) is 104 Å². The van der Waals surface area contributed by atoms with Crippen LogP contribution >= 0.6 is 0 Å². The van der Waals surface area contributed by atoms with Crippen LogP contribution in [0, 0.1) is 5.92 Å². The number of benzene rings is 2. The van der Waals surface area contributed by atoms with Crippen LogP contribution in [0.15, 0.2) is 142 Å². The number of nitrogens with zero attached hydrogens (tertiary/aromatic N) is 9.